The number of fused-ring (bicyclic) bond motifs is 4. The lowest BCUT2D eigenvalue weighted by Gasteiger charge is -2.15. The molecule has 0 aliphatic rings. The van der Waals surface area contributed by atoms with Gasteiger partial charge in [0.1, 0.15) is 52.2 Å². The van der Waals surface area contributed by atoms with Crippen LogP contribution < -0.4 is 20.1 Å². The van der Waals surface area contributed by atoms with Gasteiger partial charge in [-0.05, 0) is 44.5 Å². The van der Waals surface area contributed by atoms with Crippen molar-refractivity contribution in [2.24, 2.45) is 0 Å². The molecule has 8 rings (SSSR count). The van der Waals surface area contributed by atoms with Gasteiger partial charge in [-0.1, -0.05) is 11.6 Å². The summed E-state index contributed by atoms with van der Waals surface area (Å²) in [5.41, 5.74) is 6.03. The summed E-state index contributed by atoms with van der Waals surface area (Å²) < 4.78 is 11.4. The smallest absolute Gasteiger partial charge is 0.145 e. The number of hydrogen-bond donors (Lipinski definition) is 6. The molecule has 0 aliphatic carbocycles. The molecular weight excluding hydrogens is 608 g/mol. The zero-order chi connectivity index (χ0) is 31.8. The molecule has 6 N–H and O–H groups in total. The number of aromatic amines is 4. The number of ether oxygens (including phenoxy) is 2. The Labute approximate surface area is 266 Å². The maximum Gasteiger partial charge on any atom is 0.145 e. The molecule has 0 spiro atoms. The molecule has 0 bridgehead atoms. The Balaban J connectivity index is 0.000000147. The lowest BCUT2D eigenvalue weighted by Crippen LogP contribution is -2.07. The van der Waals surface area contributed by atoms with Crippen LogP contribution >= 0.6 is 11.6 Å². The number of aromatic nitrogens is 10. The zero-order valence-electron chi connectivity index (χ0n) is 25.2. The average molecular weight is 637 g/mol. The molecule has 0 fully saturated rings. The van der Waals surface area contributed by atoms with E-state index in [9.17, 15) is 0 Å². The van der Waals surface area contributed by atoms with Crippen molar-refractivity contribution in [2.45, 2.75) is 26.9 Å². The molecule has 0 saturated carbocycles. The van der Waals surface area contributed by atoms with Crippen LogP contribution in [0.1, 0.15) is 19.4 Å². The maximum absolute atomic E-state index is 6.03. The highest BCUT2D eigenvalue weighted by molar-refractivity contribution is 6.30. The normalized spacial score (nSPS) is 11.3. The summed E-state index contributed by atoms with van der Waals surface area (Å²) >= 11 is 6.03. The number of benzene rings is 2. The molecule has 14 nitrogen and oxygen atoms in total. The first-order valence-electron chi connectivity index (χ1n) is 14.3. The van der Waals surface area contributed by atoms with E-state index in [1.165, 1.54) is 12.7 Å². The van der Waals surface area contributed by atoms with Gasteiger partial charge in [-0.15, -0.1) is 0 Å². The van der Waals surface area contributed by atoms with Gasteiger partial charge >= 0.3 is 0 Å². The number of hydrogen-bond acceptors (Lipinski definition) is 10. The first-order chi connectivity index (χ1) is 22.4. The van der Waals surface area contributed by atoms with E-state index in [0.29, 0.717) is 16.6 Å². The molecular formula is C31H29ClN12O2. The fourth-order valence-corrected chi connectivity index (χ4v) is 5.33. The second kappa shape index (κ2) is 11.9. The van der Waals surface area contributed by atoms with Crippen molar-refractivity contribution in [3.63, 3.8) is 0 Å². The van der Waals surface area contributed by atoms with Gasteiger partial charge < -0.3 is 30.1 Å². The predicted octanol–water partition coefficient (Wildman–Crippen LogP) is 6.91. The Morgan fingerprint density at radius 2 is 1.41 bits per heavy atom. The summed E-state index contributed by atoms with van der Waals surface area (Å²) in [4.78, 5) is 23.2. The highest BCUT2D eigenvalue weighted by atomic mass is 35.5. The van der Waals surface area contributed by atoms with E-state index in [-0.39, 0.29) is 6.10 Å². The molecule has 2 aromatic carbocycles. The summed E-state index contributed by atoms with van der Waals surface area (Å²) in [5, 5.41) is 24.9. The summed E-state index contributed by atoms with van der Waals surface area (Å²) in [6.07, 6.45) is 8.51. The quantitative estimate of drug-likeness (QED) is 0.107. The third-order valence-electron chi connectivity index (χ3n) is 7.23. The highest BCUT2D eigenvalue weighted by Gasteiger charge is 2.14. The zero-order valence-corrected chi connectivity index (χ0v) is 26.0. The Bertz CT molecular complexity index is 2320. The Hall–Kier alpha value is -5.89. The lowest BCUT2D eigenvalue weighted by atomic mass is 10.2. The van der Waals surface area contributed by atoms with Crippen molar-refractivity contribution in [1.29, 1.82) is 0 Å². The molecule has 0 aliphatic heterocycles. The van der Waals surface area contributed by atoms with Crippen LogP contribution in [0.3, 0.4) is 0 Å². The average Bonchev–Trinajstić information content (AvgIpc) is 3.84. The molecule has 0 atom stereocenters. The van der Waals surface area contributed by atoms with Gasteiger partial charge in [0.05, 0.1) is 58.8 Å². The fraction of sp³-hybridized carbons (Fsp3) is 0.161. The van der Waals surface area contributed by atoms with Crippen molar-refractivity contribution in [1.82, 2.24) is 50.3 Å². The van der Waals surface area contributed by atoms with Crippen LogP contribution in [0, 0.1) is 6.92 Å². The van der Waals surface area contributed by atoms with Gasteiger partial charge in [0.25, 0.3) is 0 Å². The van der Waals surface area contributed by atoms with E-state index in [2.05, 4.69) is 60.9 Å². The van der Waals surface area contributed by atoms with Gasteiger partial charge in [0.15, 0.2) is 0 Å². The third-order valence-corrected chi connectivity index (χ3v) is 7.43. The number of rotatable bonds is 7. The van der Waals surface area contributed by atoms with E-state index in [4.69, 9.17) is 21.1 Å². The van der Waals surface area contributed by atoms with Crippen LogP contribution in [0.15, 0.2) is 61.6 Å². The summed E-state index contributed by atoms with van der Waals surface area (Å²) in [5.74, 6) is 2.83. The SMILES string of the molecule is CC(C)Oc1cc2[nH]ncc2cc1Nc1ncnc2[nH]c(Cl)cc12.COc1cc2[nH]ncc2cc1Nc1ncnc2[nH]cc(C)c12. The Kier molecular flexibility index (Phi) is 7.46. The number of nitrogens with one attached hydrogen (secondary N) is 6. The van der Waals surface area contributed by atoms with Crippen LogP contribution in [-0.4, -0.2) is 63.5 Å². The standard InChI is InChI=1S/C16H15ClN6O.C15H14N6O/c1-8(2)24-13-5-11-9(6-20-23-11)3-12(13)21-15-10-4-14(17)22-16(10)19-7-18-15;1-8-5-16-14-13(8)15(18-7-17-14)20-11-3-9-6-19-21-10(9)4-12(11)22-2/h3-8H,1-2H3,(H,20,23)(H2,18,19,21,22);3-7H,1-2H3,(H,19,21)(H2,16,17,18,20). The molecule has 6 aromatic heterocycles. The number of halogens is 1. The Morgan fingerprint density at radius 3 is 2.11 bits per heavy atom. The van der Waals surface area contributed by atoms with Gasteiger partial charge in [-0.3, -0.25) is 10.2 Å². The number of nitrogens with zero attached hydrogens (tertiary/aromatic N) is 6. The van der Waals surface area contributed by atoms with E-state index in [1.807, 2.05) is 51.2 Å². The molecule has 8 aromatic rings. The minimum absolute atomic E-state index is 0.0399. The first kappa shape index (κ1) is 28.9. The molecule has 0 radical (unpaired) electrons. The number of aryl methyl sites for hydroxylation is 1. The first-order valence-corrected chi connectivity index (χ1v) is 14.7. The van der Waals surface area contributed by atoms with E-state index >= 15 is 0 Å². The van der Waals surface area contributed by atoms with Crippen LogP contribution in [0.25, 0.3) is 43.9 Å². The molecule has 232 valence electrons. The molecule has 6 heterocycles. The summed E-state index contributed by atoms with van der Waals surface area (Å²) in [7, 11) is 1.64. The van der Waals surface area contributed by atoms with Gasteiger partial charge in [-0.25, -0.2) is 19.9 Å². The molecule has 0 saturated heterocycles. The number of methoxy groups -OCH3 is 1. The largest absolute Gasteiger partial charge is 0.494 e. The van der Waals surface area contributed by atoms with E-state index in [0.717, 1.165) is 72.5 Å². The Morgan fingerprint density at radius 1 is 0.783 bits per heavy atom. The summed E-state index contributed by atoms with van der Waals surface area (Å²) in [6.45, 7) is 5.98. The summed E-state index contributed by atoms with van der Waals surface area (Å²) in [6, 6.07) is 9.57. The monoisotopic (exact) mass is 636 g/mol. The van der Waals surface area contributed by atoms with Crippen molar-refractivity contribution in [3.05, 3.63) is 72.3 Å². The fourth-order valence-electron chi connectivity index (χ4n) is 5.13. The van der Waals surface area contributed by atoms with Crippen LogP contribution in [0.4, 0.5) is 23.0 Å². The molecule has 0 unspecified atom stereocenters. The van der Waals surface area contributed by atoms with Crippen LogP contribution in [-0.2, 0) is 0 Å². The van der Waals surface area contributed by atoms with Crippen LogP contribution in [0.2, 0.25) is 5.15 Å². The van der Waals surface area contributed by atoms with Crippen molar-refractivity contribution < 1.29 is 9.47 Å². The number of H-pyrrole nitrogens is 4. The minimum Gasteiger partial charge on any atom is -0.494 e. The maximum atomic E-state index is 6.03. The van der Waals surface area contributed by atoms with Crippen LogP contribution in [0.5, 0.6) is 11.5 Å². The molecule has 15 heteroatoms. The molecule has 46 heavy (non-hydrogen) atoms. The van der Waals surface area contributed by atoms with E-state index < -0.39 is 0 Å². The van der Waals surface area contributed by atoms with E-state index in [1.54, 1.807) is 25.6 Å². The predicted molar refractivity (Wildman–Crippen MR) is 179 cm³/mol. The van der Waals surface area contributed by atoms with Crippen molar-refractivity contribution in [3.8, 4) is 11.5 Å². The van der Waals surface area contributed by atoms with Gasteiger partial charge in [-0.2, -0.15) is 10.2 Å². The topological polar surface area (TPSA) is 183 Å². The highest BCUT2D eigenvalue weighted by Crippen LogP contribution is 2.35. The second-order valence-corrected chi connectivity index (χ2v) is 11.2. The number of anilines is 4. The minimum atomic E-state index is 0.0399. The van der Waals surface area contributed by atoms with Crippen molar-refractivity contribution in [2.75, 3.05) is 17.7 Å². The second-order valence-electron chi connectivity index (χ2n) is 10.8. The third kappa shape index (κ3) is 5.57. The van der Waals surface area contributed by atoms with Gasteiger partial charge in [0, 0.05) is 29.1 Å². The lowest BCUT2D eigenvalue weighted by molar-refractivity contribution is 0.244. The van der Waals surface area contributed by atoms with Crippen molar-refractivity contribution >= 4 is 78.5 Å². The van der Waals surface area contributed by atoms with Gasteiger partial charge in [0.2, 0.25) is 0 Å². The molecule has 0 amide bonds.